The number of aliphatic hydroxyl groups is 1. The first-order valence-electron chi connectivity index (χ1n) is 28.0. The lowest BCUT2D eigenvalue weighted by molar-refractivity contribution is -0.137. The number of aromatic nitrogens is 6. The number of amides is 2. The fraction of sp³-hybridized carbons (Fsp3) is 0.377. The maximum absolute atomic E-state index is 15.5. The quantitative estimate of drug-likeness (QED) is 0.0659. The number of nitrogen functional groups attached to an aromatic ring is 1. The van der Waals surface area contributed by atoms with Crippen LogP contribution >= 0.6 is 34.5 Å². The molecule has 2 bridgehead atoms. The molecule has 0 saturated carbocycles. The molecule has 2 amide bonds. The van der Waals surface area contributed by atoms with Crippen molar-refractivity contribution >= 4 is 78.7 Å². The second kappa shape index (κ2) is 25.1. The van der Waals surface area contributed by atoms with Crippen LogP contribution in [0.15, 0.2) is 91.4 Å². The van der Waals surface area contributed by atoms with E-state index in [2.05, 4.69) is 43.8 Å². The Morgan fingerprint density at radius 1 is 1.00 bits per heavy atom. The number of fused-ring (bicyclic) bond motifs is 4. The number of likely N-dealkylation sites (tertiary alicyclic amines) is 1. The number of hydrogen-bond donors (Lipinski definition) is 4. The third-order valence-corrected chi connectivity index (χ3v) is 17.7. The Labute approximate surface area is 493 Å². The molecule has 5 N–H and O–H groups in total. The van der Waals surface area contributed by atoms with Gasteiger partial charge in [-0.2, -0.15) is 15.2 Å². The van der Waals surface area contributed by atoms with Gasteiger partial charge < -0.3 is 45.5 Å². The van der Waals surface area contributed by atoms with Gasteiger partial charge >= 0.3 is 6.01 Å². The van der Waals surface area contributed by atoms with Gasteiger partial charge in [-0.25, -0.2) is 9.07 Å². The Morgan fingerprint density at radius 3 is 2.42 bits per heavy atom. The Balaban J connectivity index is 0.000000322. The van der Waals surface area contributed by atoms with Gasteiger partial charge in [0, 0.05) is 90.5 Å². The molecule has 0 spiro atoms. The summed E-state index contributed by atoms with van der Waals surface area (Å²) in [4.78, 5) is 42.6. The highest BCUT2D eigenvalue weighted by atomic mass is 35.5. The number of carbonyl (C=O) groups is 2. The van der Waals surface area contributed by atoms with Crippen molar-refractivity contribution in [2.45, 2.75) is 102 Å². The first-order valence-corrected chi connectivity index (χ1v) is 29.5. The third-order valence-electron chi connectivity index (χ3n) is 16.0. The fourth-order valence-electron chi connectivity index (χ4n) is 11.7. The molecule has 22 heteroatoms. The predicted octanol–water partition coefficient (Wildman–Crippen LogP) is 10.5. The molecular weight excluding hydrogens is 1120 g/mol. The minimum atomic E-state index is -0.492. The third kappa shape index (κ3) is 12.0. The van der Waals surface area contributed by atoms with E-state index >= 15 is 4.39 Å². The maximum Gasteiger partial charge on any atom is 0.319 e. The van der Waals surface area contributed by atoms with Crippen LogP contribution < -0.4 is 30.7 Å². The van der Waals surface area contributed by atoms with Crippen molar-refractivity contribution in [3.8, 4) is 51.3 Å². The number of halogens is 3. The van der Waals surface area contributed by atoms with Crippen LogP contribution in [0.1, 0.15) is 88.1 Å². The Kier molecular flexibility index (Phi) is 17.4. The molecule has 18 nitrogen and oxygen atoms in total. The van der Waals surface area contributed by atoms with Crippen molar-refractivity contribution in [3.05, 3.63) is 124 Å². The summed E-state index contributed by atoms with van der Waals surface area (Å²) in [5, 5.41) is 36.9. The topological polar surface area (TPSA) is 232 Å². The number of nitrogens with two attached hydrogens (primary N) is 1. The number of nitrogens with zero attached hydrogens (tertiary/aromatic N) is 9. The number of hydrogen-bond acceptors (Lipinski definition) is 16. The van der Waals surface area contributed by atoms with E-state index in [0.717, 1.165) is 84.5 Å². The number of nitriles is 1. The van der Waals surface area contributed by atoms with Crippen LogP contribution in [0.2, 0.25) is 10.0 Å². The molecule has 430 valence electrons. The smallest absolute Gasteiger partial charge is 0.319 e. The fourth-order valence-corrected chi connectivity index (χ4v) is 13.2. The maximum atomic E-state index is 15.5. The second-order valence-electron chi connectivity index (χ2n) is 21.8. The zero-order valence-corrected chi connectivity index (χ0v) is 48.4. The zero-order chi connectivity index (χ0) is 57.9. The van der Waals surface area contributed by atoms with Crippen molar-refractivity contribution in [1.82, 2.24) is 45.5 Å². The predicted molar refractivity (Wildman–Crippen MR) is 319 cm³/mol. The average molecular weight is 1180 g/mol. The number of nitrogens with one attached hydrogen (secondary N) is 2. The van der Waals surface area contributed by atoms with Gasteiger partial charge in [0.1, 0.15) is 52.7 Å². The molecule has 8 heterocycles. The van der Waals surface area contributed by atoms with E-state index in [-0.39, 0.29) is 58.5 Å². The van der Waals surface area contributed by atoms with Crippen LogP contribution in [0.3, 0.4) is 0 Å². The van der Waals surface area contributed by atoms with E-state index < -0.39 is 17.9 Å². The number of aliphatic hydroxyl groups excluding tert-OH is 1. The molecule has 5 atom stereocenters. The van der Waals surface area contributed by atoms with E-state index in [4.69, 9.17) is 53.1 Å². The van der Waals surface area contributed by atoms with E-state index in [1.165, 1.54) is 6.07 Å². The first kappa shape index (κ1) is 57.3. The number of carbonyl (C=O) groups excluding carboxylic acids is 2. The first-order chi connectivity index (χ1) is 40.3. The Bertz CT molecular complexity index is 3690. The Morgan fingerprint density at radius 2 is 1.75 bits per heavy atom. The van der Waals surface area contributed by atoms with E-state index in [9.17, 15) is 20.0 Å². The summed E-state index contributed by atoms with van der Waals surface area (Å²) in [7, 11) is 0. The van der Waals surface area contributed by atoms with Gasteiger partial charge in [-0.3, -0.25) is 14.6 Å². The molecular formula is C61H63Cl2FN12O6S. The molecule has 4 aliphatic heterocycles. The number of piperazine rings is 1. The standard InChI is InChI=1S/C47H50ClFN10O4S.C14H13ClN2O2/c1-25(2)41(46(60)58-16-4-5-26(58)3)59-23-37(55-56-59)28-8-6-27(7-9-28)24-62-42-39(32-12-13-36(49)43-38(32)34(20-50)44(51)64-43)35(48)19-33-40(42)53-47(63-31-14-17-61-18-15-31)54-45(33)57-21-29-10-11-30(22-57)52-29;15-13-5-6-16-7-12(13)10-1-3-11(4-2-10)14(8-18)17-9-19/h6-9,12-13,19,23,25-26,29-31,41,52H,4-5,10-11,14-18,21-22,24,51H2,1-3H3;1-7,9,14,18H,8H2,(H,17,19). The van der Waals surface area contributed by atoms with Crippen LogP contribution in [0.25, 0.3) is 54.5 Å². The summed E-state index contributed by atoms with van der Waals surface area (Å²) in [5.74, 6) is 0.637. The summed E-state index contributed by atoms with van der Waals surface area (Å²) in [6, 6.07) is 24.2. The van der Waals surface area contributed by atoms with Gasteiger partial charge in [0.15, 0.2) is 5.75 Å². The highest BCUT2D eigenvalue weighted by Gasteiger charge is 2.37. The van der Waals surface area contributed by atoms with Gasteiger partial charge in [0.2, 0.25) is 12.3 Å². The molecule has 0 aliphatic carbocycles. The molecule has 4 saturated heterocycles. The molecule has 83 heavy (non-hydrogen) atoms. The van der Waals surface area contributed by atoms with E-state index in [1.807, 2.05) is 79.5 Å². The van der Waals surface area contributed by atoms with Crippen LogP contribution in [-0.4, -0.2) is 116 Å². The summed E-state index contributed by atoms with van der Waals surface area (Å²) in [5.41, 5.74) is 12.8. The van der Waals surface area contributed by atoms with Crippen molar-refractivity contribution in [1.29, 1.82) is 5.26 Å². The lowest BCUT2D eigenvalue weighted by Gasteiger charge is -2.34. The molecule has 4 fully saturated rings. The van der Waals surface area contributed by atoms with Crippen LogP contribution in [0.5, 0.6) is 11.8 Å². The highest BCUT2D eigenvalue weighted by Crippen LogP contribution is 2.50. The molecule has 5 unspecified atom stereocenters. The minimum absolute atomic E-state index is 0.0225. The van der Waals surface area contributed by atoms with Crippen molar-refractivity contribution in [2.24, 2.45) is 5.92 Å². The molecule has 4 aromatic heterocycles. The van der Waals surface area contributed by atoms with Gasteiger partial charge in [-0.1, -0.05) is 96.9 Å². The molecule has 12 rings (SSSR count). The Hall–Kier alpha value is -7.51. The van der Waals surface area contributed by atoms with E-state index in [0.29, 0.717) is 99.3 Å². The normalized spacial score (nSPS) is 18.7. The minimum Gasteiger partial charge on any atom is -0.486 e. The van der Waals surface area contributed by atoms with Gasteiger partial charge in [0.25, 0.3) is 0 Å². The molecule has 8 aromatic rings. The monoisotopic (exact) mass is 1180 g/mol. The van der Waals surface area contributed by atoms with Gasteiger partial charge in [0.05, 0.1) is 52.4 Å². The lowest BCUT2D eigenvalue weighted by atomic mass is 9.96. The largest absolute Gasteiger partial charge is 0.486 e. The SMILES string of the molecule is CC(C)C(C(=O)N1CCCC1C)n1cc(-c2ccc(COc3c(-c4ccc(F)c5sc(N)c(C#N)c45)c(Cl)cc4c(N5CC6CCC(C5)N6)nc(OC5CCOCC5)nc34)cc2)nn1.O=CNC(CO)c1ccc(-c2cnccc2Cl)cc1. The number of thiophene rings is 1. The highest BCUT2D eigenvalue weighted by molar-refractivity contribution is 7.23. The molecule has 0 radical (unpaired) electrons. The van der Waals surface area contributed by atoms with Gasteiger partial charge in [-0.15, -0.1) is 16.4 Å². The number of ether oxygens (including phenoxy) is 3. The van der Waals surface area contributed by atoms with Crippen LogP contribution in [-0.2, 0) is 20.9 Å². The summed E-state index contributed by atoms with van der Waals surface area (Å²) >= 11 is 14.5. The average Bonchev–Trinajstić information content (AvgIpc) is 2.40. The zero-order valence-electron chi connectivity index (χ0n) is 46.1. The van der Waals surface area contributed by atoms with Crippen LogP contribution in [0.4, 0.5) is 15.2 Å². The van der Waals surface area contributed by atoms with Crippen molar-refractivity contribution in [3.63, 3.8) is 0 Å². The van der Waals surface area contributed by atoms with Crippen molar-refractivity contribution < 1.29 is 33.3 Å². The summed E-state index contributed by atoms with van der Waals surface area (Å²) in [6.07, 6.45) is 11.2. The van der Waals surface area contributed by atoms with Crippen molar-refractivity contribution in [2.75, 3.05) is 50.1 Å². The number of anilines is 2. The lowest BCUT2D eigenvalue weighted by Crippen LogP contribution is -2.51. The number of pyridine rings is 1. The summed E-state index contributed by atoms with van der Waals surface area (Å²) in [6.45, 7) is 9.54. The second-order valence-corrected chi connectivity index (χ2v) is 23.7. The summed E-state index contributed by atoms with van der Waals surface area (Å²) < 4.78 is 36.5. The number of rotatable bonds is 16. The van der Waals surface area contributed by atoms with Crippen LogP contribution in [0, 0.1) is 23.1 Å². The molecule has 4 aliphatic rings. The molecule has 4 aromatic carbocycles. The van der Waals surface area contributed by atoms with E-state index in [1.54, 1.807) is 29.2 Å². The van der Waals surface area contributed by atoms with Gasteiger partial charge in [-0.05, 0) is 79.0 Å². The number of benzene rings is 4.